The lowest BCUT2D eigenvalue weighted by Crippen LogP contribution is -2.44. The molecule has 0 radical (unpaired) electrons. The van der Waals surface area contributed by atoms with Crippen molar-refractivity contribution in [1.82, 2.24) is 10.2 Å². The number of nitrogens with one attached hydrogen (secondary N) is 1. The summed E-state index contributed by atoms with van der Waals surface area (Å²) in [4.78, 5) is 38.4. The predicted molar refractivity (Wildman–Crippen MR) is 157 cm³/mol. The molecule has 0 spiro atoms. The number of carboxylic acids is 1. The van der Waals surface area contributed by atoms with E-state index < -0.39 is 35.4 Å². The van der Waals surface area contributed by atoms with Gasteiger partial charge in [-0.25, -0.2) is 14.4 Å². The molecule has 40 heavy (non-hydrogen) atoms. The molecule has 2 rings (SSSR count). The van der Waals surface area contributed by atoms with Gasteiger partial charge in [-0.2, -0.15) is 0 Å². The van der Waals surface area contributed by atoms with Crippen molar-refractivity contribution in [3.8, 4) is 11.1 Å². The van der Waals surface area contributed by atoms with Crippen LogP contribution in [-0.4, -0.2) is 52.0 Å². The second kappa shape index (κ2) is 14.7. The van der Waals surface area contributed by atoms with Gasteiger partial charge >= 0.3 is 18.2 Å². The van der Waals surface area contributed by atoms with E-state index in [2.05, 4.69) is 36.5 Å². The third-order valence-corrected chi connectivity index (χ3v) is 6.00. The van der Waals surface area contributed by atoms with Crippen molar-refractivity contribution in [2.45, 2.75) is 104 Å². The SMILES string of the molecule is CCCCc1ccc(-c2ccc(CN(CCCC(NC(=O)OC(C)(C)C)C(=O)O)C(=O)OC(C)(C)C)cc2)cc1. The fourth-order valence-electron chi connectivity index (χ4n) is 4.02. The molecule has 220 valence electrons. The lowest BCUT2D eigenvalue weighted by molar-refractivity contribution is -0.139. The molecule has 8 heteroatoms. The first kappa shape index (κ1) is 32.7. The summed E-state index contributed by atoms with van der Waals surface area (Å²) in [5.74, 6) is -1.16. The zero-order valence-corrected chi connectivity index (χ0v) is 25.1. The Morgan fingerprint density at radius 1 is 0.825 bits per heavy atom. The van der Waals surface area contributed by atoms with Crippen LogP contribution in [0.25, 0.3) is 11.1 Å². The highest BCUT2D eigenvalue weighted by atomic mass is 16.6. The number of aliphatic carboxylic acids is 1. The molecule has 0 fully saturated rings. The first-order chi connectivity index (χ1) is 18.7. The van der Waals surface area contributed by atoms with E-state index in [1.54, 1.807) is 46.4 Å². The Labute approximate surface area is 239 Å². The summed E-state index contributed by atoms with van der Waals surface area (Å²) in [5, 5.41) is 12.0. The molecule has 2 amide bonds. The van der Waals surface area contributed by atoms with E-state index >= 15 is 0 Å². The fourth-order valence-corrected chi connectivity index (χ4v) is 4.02. The lowest BCUT2D eigenvalue weighted by Gasteiger charge is -2.28. The Kier molecular flexibility index (Phi) is 12.0. The molecule has 0 bridgehead atoms. The van der Waals surface area contributed by atoms with Crippen LogP contribution in [0, 0.1) is 0 Å². The van der Waals surface area contributed by atoms with Gasteiger partial charge in [0.15, 0.2) is 0 Å². The molecule has 0 aromatic heterocycles. The van der Waals surface area contributed by atoms with Crippen molar-refractivity contribution in [2.24, 2.45) is 0 Å². The number of aryl methyl sites for hydroxylation is 1. The topological polar surface area (TPSA) is 105 Å². The summed E-state index contributed by atoms with van der Waals surface area (Å²) in [7, 11) is 0. The van der Waals surface area contributed by atoms with Crippen LogP contribution < -0.4 is 5.32 Å². The number of hydrogen-bond donors (Lipinski definition) is 2. The van der Waals surface area contributed by atoms with Crippen molar-refractivity contribution in [1.29, 1.82) is 0 Å². The van der Waals surface area contributed by atoms with Crippen LogP contribution in [-0.2, 0) is 27.2 Å². The number of amides is 2. The largest absolute Gasteiger partial charge is 0.480 e. The summed E-state index contributed by atoms with van der Waals surface area (Å²) >= 11 is 0. The van der Waals surface area contributed by atoms with Gasteiger partial charge in [0.25, 0.3) is 0 Å². The van der Waals surface area contributed by atoms with E-state index in [0.717, 1.165) is 23.1 Å². The van der Waals surface area contributed by atoms with Gasteiger partial charge in [-0.05, 0) is 89.5 Å². The van der Waals surface area contributed by atoms with Crippen molar-refractivity contribution >= 4 is 18.2 Å². The summed E-state index contributed by atoms with van der Waals surface area (Å²) < 4.78 is 10.8. The van der Waals surface area contributed by atoms with Crippen molar-refractivity contribution < 1.29 is 29.0 Å². The highest BCUT2D eigenvalue weighted by molar-refractivity contribution is 5.80. The zero-order valence-electron chi connectivity index (χ0n) is 25.1. The molecule has 2 aromatic carbocycles. The zero-order chi connectivity index (χ0) is 29.9. The second-order valence-corrected chi connectivity index (χ2v) is 12.1. The Hall–Kier alpha value is -3.55. The van der Waals surface area contributed by atoms with E-state index in [1.165, 1.54) is 18.4 Å². The number of alkyl carbamates (subject to hydrolysis) is 1. The number of nitrogens with zero attached hydrogens (tertiary/aromatic N) is 1. The molecular formula is C32H46N2O6. The minimum absolute atomic E-state index is 0.126. The molecule has 0 aliphatic rings. The number of carbonyl (C=O) groups is 3. The van der Waals surface area contributed by atoms with Crippen LogP contribution in [0.15, 0.2) is 48.5 Å². The van der Waals surface area contributed by atoms with Gasteiger partial charge in [-0.1, -0.05) is 61.9 Å². The molecule has 0 saturated heterocycles. The Morgan fingerprint density at radius 3 is 1.82 bits per heavy atom. The van der Waals surface area contributed by atoms with Gasteiger partial charge in [-0.3, -0.25) is 0 Å². The first-order valence-electron chi connectivity index (χ1n) is 14.1. The normalized spacial score (nSPS) is 12.4. The molecule has 2 N–H and O–H groups in total. The third-order valence-electron chi connectivity index (χ3n) is 6.00. The molecular weight excluding hydrogens is 508 g/mol. The number of hydrogen-bond acceptors (Lipinski definition) is 5. The van der Waals surface area contributed by atoms with Crippen LogP contribution in [0.2, 0.25) is 0 Å². The lowest BCUT2D eigenvalue weighted by atomic mass is 10.0. The molecule has 0 aliphatic heterocycles. The number of ether oxygens (including phenoxy) is 2. The quantitative estimate of drug-likeness (QED) is 0.288. The molecule has 0 aliphatic carbocycles. The van der Waals surface area contributed by atoms with Crippen molar-refractivity contribution in [3.05, 3.63) is 59.7 Å². The van der Waals surface area contributed by atoms with Gasteiger partial charge in [0.2, 0.25) is 0 Å². The number of carbonyl (C=O) groups excluding carboxylic acids is 2. The average molecular weight is 555 g/mol. The van der Waals surface area contributed by atoms with E-state index in [4.69, 9.17) is 9.47 Å². The van der Waals surface area contributed by atoms with Crippen LogP contribution in [0.1, 0.15) is 85.3 Å². The predicted octanol–water partition coefficient (Wildman–Crippen LogP) is 7.19. The Balaban J connectivity index is 2.07. The van der Waals surface area contributed by atoms with Crippen LogP contribution in [0.3, 0.4) is 0 Å². The van der Waals surface area contributed by atoms with Crippen molar-refractivity contribution in [3.63, 3.8) is 0 Å². The molecule has 8 nitrogen and oxygen atoms in total. The van der Waals surface area contributed by atoms with Gasteiger partial charge in [0.1, 0.15) is 17.2 Å². The van der Waals surface area contributed by atoms with Crippen LogP contribution in [0.5, 0.6) is 0 Å². The number of carboxylic acid groups (broad SMARTS) is 1. The minimum Gasteiger partial charge on any atom is -0.480 e. The Morgan fingerprint density at radius 2 is 1.35 bits per heavy atom. The maximum Gasteiger partial charge on any atom is 0.410 e. The second-order valence-electron chi connectivity index (χ2n) is 12.1. The van der Waals surface area contributed by atoms with E-state index in [1.807, 2.05) is 24.3 Å². The molecule has 2 aromatic rings. The standard InChI is InChI=1S/C32H46N2O6/c1-8-9-11-23-13-17-25(18-14-23)26-19-15-24(16-20-26)22-34(30(38)40-32(5,6)7)21-10-12-27(28(35)36)33-29(37)39-31(2,3)4/h13-20,27H,8-12,21-22H2,1-7H3,(H,33,37)(H,35,36). The van der Waals surface area contributed by atoms with Crippen LogP contribution in [0.4, 0.5) is 9.59 Å². The first-order valence-corrected chi connectivity index (χ1v) is 14.1. The number of benzene rings is 2. The summed E-state index contributed by atoms with van der Waals surface area (Å²) in [6.07, 6.45) is 2.63. The number of unbranched alkanes of at least 4 members (excludes halogenated alkanes) is 1. The van der Waals surface area contributed by atoms with E-state index in [0.29, 0.717) is 13.0 Å². The molecule has 1 unspecified atom stereocenters. The Bertz CT molecular complexity index is 1100. The number of rotatable bonds is 12. The molecule has 0 heterocycles. The fraction of sp³-hybridized carbons (Fsp3) is 0.531. The van der Waals surface area contributed by atoms with E-state index in [-0.39, 0.29) is 13.0 Å². The van der Waals surface area contributed by atoms with E-state index in [9.17, 15) is 19.5 Å². The average Bonchev–Trinajstić information content (AvgIpc) is 2.84. The van der Waals surface area contributed by atoms with Crippen LogP contribution >= 0.6 is 0 Å². The van der Waals surface area contributed by atoms with Crippen molar-refractivity contribution in [2.75, 3.05) is 6.54 Å². The minimum atomic E-state index is -1.16. The van der Waals surface area contributed by atoms with Gasteiger partial charge in [0.05, 0.1) is 0 Å². The summed E-state index contributed by atoms with van der Waals surface area (Å²) in [6, 6.07) is 15.5. The summed E-state index contributed by atoms with van der Waals surface area (Å²) in [5.41, 5.74) is 3.07. The maximum absolute atomic E-state index is 13.0. The third kappa shape index (κ3) is 12.1. The monoisotopic (exact) mass is 554 g/mol. The van der Waals surface area contributed by atoms with Gasteiger partial charge in [0, 0.05) is 13.1 Å². The highest BCUT2D eigenvalue weighted by Gasteiger charge is 2.26. The van der Waals surface area contributed by atoms with Gasteiger partial charge < -0.3 is 24.8 Å². The molecule has 0 saturated carbocycles. The maximum atomic E-state index is 13.0. The highest BCUT2D eigenvalue weighted by Crippen LogP contribution is 2.22. The summed E-state index contributed by atoms with van der Waals surface area (Å²) in [6.45, 7) is 13.3. The van der Waals surface area contributed by atoms with Gasteiger partial charge in [-0.15, -0.1) is 0 Å². The molecule has 1 atom stereocenters. The smallest absolute Gasteiger partial charge is 0.410 e.